The van der Waals surface area contributed by atoms with E-state index in [-0.39, 0.29) is 17.7 Å². The van der Waals surface area contributed by atoms with Crippen LogP contribution in [-0.4, -0.2) is 22.8 Å². The van der Waals surface area contributed by atoms with Crippen LogP contribution < -0.4 is 5.56 Å². The quantitative estimate of drug-likeness (QED) is 0.837. The molecule has 0 spiro atoms. The van der Waals surface area contributed by atoms with Gasteiger partial charge in [0.25, 0.3) is 5.56 Å². The summed E-state index contributed by atoms with van der Waals surface area (Å²) in [6, 6.07) is 2.03. The highest BCUT2D eigenvalue weighted by Crippen LogP contribution is 2.27. The lowest BCUT2D eigenvalue weighted by Crippen LogP contribution is -2.16. The number of rotatable bonds is 2. The Morgan fingerprint density at radius 3 is 2.75 bits per heavy atom. The van der Waals surface area contributed by atoms with Crippen molar-refractivity contribution in [3.63, 3.8) is 0 Å². The van der Waals surface area contributed by atoms with Gasteiger partial charge in [-0.3, -0.25) is 4.79 Å². The average Bonchev–Trinajstić information content (AvgIpc) is 2.39. The number of H-pyrrole nitrogens is 1. The Labute approximate surface area is 115 Å². The van der Waals surface area contributed by atoms with Gasteiger partial charge in [-0.15, -0.1) is 0 Å². The monoisotopic (exact) mass is 271 g/mol. The van der Waals surface area contributed by atoms with Gasteiger partial charge in [-0.25, -0.2) is 9.89 Å². The summed E-state index contributed by atoms with van der Waals surface area (Å²) in [6.07, 6.45) is 1.42. The van der Waals surface area contributed by atoms with Crippen LogP contribution >= 0.6 is 0 Å². The molecule has 0 aliphatic rings. The van der Waals surface area contributed by atoms with E-state index < -0.39 is 11.5 Å². The van der Waals surface area contributed by atoms with Gasteiger partial charge < -0.3 is 4.74 Å². The van der Waals surface area contributed by atoms with Crippen molar-refractivity contribution in [2.75, 3.05) is 6.61 Å². The van der Waals surface area contributed by atoms with E-state index in [1.165, 1.54) is 6.20 Å². The van der Waals surface area contributed by atoms with Crippen molar-refractivity contribution in [1.82, 2.24) is 10.2 Å². The van der Waals surface area contributed by atoms with Gasteiger partial charge in [0.05, 0.1) is 29.3 Å². The molecule has 1 heterocycles. The van der Waals surface area contributed by atoms with Crippen LogP contribution in [0.1, 0.15) is 34.0 Å². The molecule has 0 aliphatic carbocycles. The van der Waals surface area contributed by atoms with E-state index in [0.717, 1.165) is 0 Å². The second-order valence-electron chi connectivity index (χ2n) is 4.32. The molecule has 0 saturated carbocycles. The molecule has 102 valence electrons. The third-order valence-electron chi connectivity index (χ3n) is 3.22. The van der Waals surface area contributed by atoms with Crippen LogP contribution in [0.15, 0.2) is 11.0 Å². The highest BCUT2D eigenvalue weighted by Gasteiger charge is 2.22. The van der Waals surface area contributed by atoms with Crippen LogP contribution in [-0.2, 0) is 4.74 Å². The van der Waals surface area contributed by atoms with Crippen molar-refractivity contribution in [1.29, 1.82) is 5.26 Å². The molecular weight excluding hydrogens is 258 g/mol. The molecule has 0 saturated heterocycles. The van der Waals surface area contributed by atoms with Gasteiger partial charge in [0, 0.05) is 5.39 Å². The average molecular weight is 271 g/mol. The third kappa shape index (κ3) is 1.93. The molecule has 0 fully saturated rings. The molecule has 0 amide bonds. The van der Waals surface area contributed by atoms with Gasteiger partial charge in [-0.1, -0.05) is 0 Å². The van der Waals surface area contributed by atoms with Crippen molar-refractivity contribution >= 4 is 16.7 Å². The second kappa shape index (κ2) is 5.13. The first-order chi connectivity index (χ1) is 9.52. The first-order valence-corrected chi connectivity index (χ1v) is 6.10. The minimum atomic E-state index is -0.530. The number of aromatic amines is 1. The standard InChI is InChI=1S/C14H13N3O3/c1-4-20-14(19)11-7(2)9(5-15)10-6-16-17-13(18)12(10)8(11)3/h6H,4H2,1-3H3,(H,17,18). The van der Waals surface area contributed by atoms with Gasteiger partial charge in [-0.2, -0.15) is 10.4 Å². The third-order valence-corrected chi connectivity index (χ3v) is 3.22. The molecule has 6 nitrogen and oxygen atoms in total. The largest absolute Gasteiger partial charge is 0.462 e. The molecular formula is C14H13N3O3. The lowest BCUT2D eigenvalue weighted by atomic mass is 9.92. The number of fused-ring (bicyclic) bond motifs is 1. The Hall–Kier alpha value is -2.68. The maximum atomic E-state index is 12.0. The SMILES string of the molecule is CCOC(=O)c1c(C)c(C#N)c2cn[nH]c(=O)c2c1C. The molecule has 0 atom stereocenters. The van der Waals surface area contributed by atoms with E-state index in [1.54, 1.807) is 20.8 Å². The summed E-state index contributed by atoms with van der Waals surface area (Å²) >= 11 is 0. The fraction of sp³-hybridized carbons (Fsp3) is 0.286. The number of nitrogens with zero attached hydrogens (tertiary/aromatic N) is 2. The zero-order chi connectivity index (χ0) is 14.9. The molecule has 6 heteroatoms. The topological polar surface area (TPSA) is 95.8 Å². The highest BCUT2D eigenvalue weighted by molar-refractivity contribution is 6.02. The number of esters is 1. The first kappa shape index (κ1) is 13.7. The number of aryl methyl sites for hydroxylation is 1. The lowest BCUT2D eigenvalue weighted by molar-refractivity contribution is 0.0525. The van der Waals surface area contributed by atoms with Crippen molar-refractivity contribution in [3.8, 4) is 6.07 Å². The number of benzene rings is 1. The van der Waals surface area contributed by atoms with Crippen LogP contribution in [0.5, 0.6) is 0 Å². The van der Waals surface area contributed by atoms with Crippen LogP contribution in [0.25, 0.3) is 10.8 Å². The maximum Gasteiger partial charge on any atom is 0.338 e. The van der Waals surface area contributed by atoms with Crippen LogP contribution in [0, 0.1) is 25.2 Å². The number of carbonyl (C=O) groups is 1. The predicted molar refractivity (Wildman–Crippen MR) is 72.5 cm³/mol. The summed E-state index contributed by atoms with van der Waals surface area (Å²) < 4.78 is 5.00. The first-order valence-electron chi connectivity index (χ1n) is 6.10. The number of nitrogens with one attached hydrogen (secondary N) is 1. The molecule has 1 aromatic heterocycles. The Bertz CT molecular complexity index is 800. The van der Waals surface area contributed by atoms with E-state index in [9.17, 15) is 14.9 Å². The molecule has 2 rings (SSSR count). The summed E-state index contributed by atoms with van der Waals surface area (Å²) in [4.78, 5) is 24.0. The summed E-state index contributed by atoms with van der Waals surface area (Å²) in [5, 5.41) is 16.1. The molecule has 0 aliphatic heterocycles. The lowest BCUT2D eigenvalue weighted by Gasteiger charge is -2.13. The Kier molecular flexibility index (Phi) is 3.53. The van der Waals surface area contributed by atoms with Gasteiger partial charge >= 0.3 is 5.97 Å². The van der Waals surface area contributed by atoms with E-state index in [0.29, 0.717) is 21.9 Å². The van der Waals surface area contributed by atoms with Gasteiger partial charge in [0.15, 0.2) is 0 Å². The number of nitriles is 1. The molecule has 0 unspecified atom stereocenters. The van der Waals surface area contributed by atoms with E-state index in [2.05, 4.69) is 10.2 Å². The number of hydrogen-bond acceptors (Lipinski definition) is 5. The summed E-state index contributed by atoms with van der Waals surface area (Å²) in [6.45, 7) is 5.26. The molecule has 1 aromatic carbocycles. The summed E-state index contributed by atoms with van der Waals surface area (Å²) in [5.41, 5.74) is 1.11. The molecule has 0 bridgehead atoms. The molecule has 2 aromatic rings. The van der Waals surface area contributed by atoms with Crippen molar-refractivity contribution in [3.05, 3.63) is 38.8 Å². The van der Waals surface area contributed by atoms with Crippen LogP contribution in [0.4, 0.5) is 0 Å². The Morgan fingerprint density at radius 1 is 1.45 bits per heavy atom. The van der Waals surface area contributed by atoms with Crippen molar-refractivity contribution in [2.45, 2.75) is 20.8 Å². The van der Waals surface area contributed by atoms with Gasteiger partial charge in [0.2, 0.25) is 0 Å². The number of aromatic nitrogens is 2. The molecule has 1 N–H and O–H groups in total. The van der Waals surface area contributed by atoms with Crippen molar-refractivity contribution < 1.29 is 9.53 Å². The maximum absolute atomic E-state index is 12.0. The fourth-order valence-electron chi connectivity index (χ4n) is 2.35. The van der Waals surface area contributed by atoms with Gasteiger partial charge in [-0.05, 0) is 31.9 Å². The second-order valence-corrected chi connectivity index (χ2v) is 4.32. The number of ether oxygens (including phenoxy) is 1. The summed E-state index contributed by atoms with van der Waals surface area (Å²) in [7, 11) is 0. The van der Waals surface area contributed by atoms with Gasteiger partial charge in [0.1, 0.15) is 6.07 Å². The highest BCUT2D eigenvalue weighted by atomic mass is 16.5. The number of carbonyl (C=O) groups excluding carboxylic acids is 1. The smallest absolute Gasteiger partial charge is 0.338 e. The fourth-order valence-corrected chi connectivity index (χ4v) is 2.35. The van der Waals surface area contributed by atoms with E-state index in [1.807, 2.05) is 6.07 Å². The molecule has 20 heavy (non-hydrogen) atoms. The number of hydrogen-bond donors (Lipinski definition) is 1. The van der Waals surface area contributed by atoms with Crippen molar-refractivity contribution in [2.24, 2.45) is 0 Å². The predicted octanol–water partition coefficient (Wildman–Crippen LogP) is 1.59. The van der Waals surface area contributed by atoms with Crippen LogP contribution in [0.2, 0.25) is 0 Å². The molecule has 0 radical (unpaired) electrons. The zero-order valence-corrected chi connectivity index (χ0v) is 11.4. The van der Waals surface area contributed by atoms with Crippen LogP contribution in [0.3, 0.4) is 0 Å². The summed E-state index contributed by atoms with van der Waals surface area (Å²) in [5.74, 6) is -0.530. The van der Waals surface area contributed by atoms with E-state index >= 15 is 0 Å². The normalized spacial score (nSPS) is 10.3. The Morgan fingerprint density at radius 2 is 2.15 bits per heavy atom. The minimum Gasteiger partial charge on any atom is -0.462 e. The zero-order valence-electron chi connectivity index (χ0n) is 11.4. The minimum absolute atomic E-state index is 0.227. The van der Waals surface area contributed by atoms with E-state index in [4.69, 9.17) is 4.74 Å². The Balaban J connectivity index is 2.98.